The van der Waals surface area contributed by atoms with E-state index in [0.717, 1.165) is 5.56 Å². The summed E-state index contributed by atoms with van der Waals surface area (Å²) in [5, 5.41) is 11.4. The van der Waals surface area contributed by atoms with Crippen molar-refractivity contribution >= 4 is 11.3 Å². The maximum atomic E-state index is 11.4. The predicted molar refractivity (Wildman–Crippen MR) is 91.5 cm³/mol. The first kappa shape index (κ1) is 16.6. The van der Waals surface area contributed by atoms with Crippen LogP contribution in [0.2, 0.25) is 0 Å². The van der Waals surface area contributed by atoms with Crippen LogP contribution in [0.4, 0.5) is 5.69 Å². The molecule has 0 aliphatic carbocycles. The molecule has 1 aliphatic heterocycles. The first-order valence-electron chi connectivity index (χ1n) is 7.50. The van der Waals surface area contributed by atoms with E-state index in [1.54, 1.807) is 32.4 Å². The molecule has 0 bridgehead atoms. The van der Waals surface area contributed by atoms with Gasteiger partial charge in [0.1, 0.15) is 0 Å². The summed E-state index contributed by atoms with van der Waals surface area (Å²) < 4.78 is 21.0. The summed E-state index contributed by atoms with van der Waals surface area (Å²) in [7, 11) is 3.11. The molecule has 0 saturated carbocycles. The number of methoxy groups -OCH3 is 2. The van der Waals surface area contributed by atoms with Crippen LogP contribution in [0.15, 0.2) is 36.9 Å². The third kappa shape index (κ3) is 3.21. The molecule has 0 saturated heterocycles. The third-order valence-corrected chi connectivity index (χ3v) is 3.97. The second-order valence-corrected chi connectivity index (χ2v) is 5.44. The lowest BCUT2D eigenvalue weighted by molar-refractivity contribution is -0.385. The van der Waals surface area contributed by atoms with Crippen LogP contribution < -0.4 is 18.9 Å². The standard InChI is InChI=1S/C18H17NO6/c1-11(12-4-5-15(22-2)16(7-12)23-3)6-13-8-17-18(25-10-24-17)9-14(13)19(20)21/h4-5,7-9H,1,6,10H2,2-3H3. The van der Waals surface area contributed by atoms with Crippen molar-refractivity contribution in [1.29, 1.82) is 0 Å². The second kappa shape index (κ2) is 6.72. The van der Waals surface area contributed by atoms with Crippen molar-refractivity contribution in [2.75, 3.05) is 21.0 Å². The molecular weight excluding hydrogens is 326 g/mol. The number of benzene rings is 2. The van der Waals surface area contributed by atoms with Gasteiger partial charge in [0.15, 0.2) is 23.0 Å². The molecule has 0 amide bonds. The van der Waals surface area contributed by atoms with Gasteiger partial charge in [-0.25, -0.2) is 0 Å². The number of nitro benzene ring substituents is 1. The van der Waals surface area contributed by atoms with Crippen LogP contribution in [-0.4, -0.2) is 25.9 Å². The molecule has 2 aromatic rings. The first-order chi connectivity index (χ1) is 12.0. The number of fused-ring (bicyclic) bond motifs is 1. The monoisotopic (exact) mass is 343 g/mol. The fourth-order valence-electron chi connectivity index (χ4n) is 2.67. The number of nitro groups is 1. The quantitative estimate of drug-likeness (QED) is 0.589. The van der Waals surface area contributed by atoms with Crippen LogP contribution in [0.1, 0.15) is 11.1 Å². The van der Waals surface area contributed by atoms with Crippen molar-refractivity contribution < 1.29 is 23.9 Å². The Labute approximate surface area is 144 Å². The first-order valence-corrected chi connectivity index (χ1v) is 7.50. The second-order valence-electron chi connectivity index (χ2n) is 5.44. The van der Waals surface area contributed by atoms with Gasteiger partial charge in [-0.1, -0.05) is 12.6 Å². The summed E-state index contributed by atoms with van der Waals surface area (Å²) >= 11 is 0. The average Bonchev–Trinajstić information content (AvgIpc) is 3.07. The van der Waals surface area contributed by atoms with Gasteiger partial charge in [-0.15, -0.1) is 0 Å². The van der Waals surface area contributed by atoms with Gasteiger partial charge >= 0.3 is 0 Å². The zero-order chi connectivity index (χ0) is 18.0. The van der Waals surface area contributed by atoms with E-state index in [1.807, 2.05) is 6.07 Å². The third-order valence-electron chi connectivity index (χ3n) is 3.97. The molecule has 25 heavy (non-hydrogen) atoms. The van der Waals surface area contributed by atoms with Gasteiger partial charge in [0.05, 0.1) is 25.2 Å². The van der Waals surface area contributed by atoms with E-state index < -0.39 is 4.92 Å². The lowest BCUT2D eigenvalue weighted by atomic mass is 9.98. The molecule has 0 spiro atoms. The number of ether oxygens (including phenoxy) is 4. The molecule has 3 rings (SSSR count). The van der Waals surface area contributed by atoms with Crippen LogP contribution in [0, 0.1) is 10.1 Å². The molecule has 0 fully saturated rings. The molecule has 7 heteroatoms. The molecule has 1 aliphatic rings. The molecule has 130 valence electrons. The molecule has 0 radical (unpaired) electrons. The van der Waals surface area contributed by atoms with Crippen LogP contribution in [0.3, 0.4) is 0 Å². The van der Waals surface area contributed by atoms with Gasteiger partial charge in [0, 0.05) is 12.0 Å². The molecular formula is C18H17NO6. The zero-order valence-electron chi connectivity index (χ0n) is 13.9. The molecule has 2 aromatic carbocycles. The highest BCUT2D eigenvalue weighted by atomic mass is 16.7. The fraction of sp³-hybridized carbons (Fsp3) is 0.222. The van der Waals surface area contributed by atoms with E-state index in [2.05, 4.69) is 6.58 Å². The lowest BCUT2D eigenvalue weighted by Crippen LogP contribution is -1.98. The smallest absolute Gasteiger partial charge is 0.276 e. The van der Waals surface area contributed by atoms with Crippen molar-refractivity contribution in [1.82, 2.24) is 0 Å². The maximum Gasteiger partial charge on any atom is 0.276 e. The maximum absolute atomic E-state index is 11.4. The molecule has 0 unspecified atom stereocenters. The Bertz CT molecular complexity index is 846. The molecule has 7 nitrogen and oxygen atoms in total. The SMILES string of the molecule is C=C(Cc1cc2c(cc1[N+](=O)[O-])OCO2)c1ccc(OC)c(OC)c1. The van der Waals surface area contributed by atoms with Crippen LogP contribution in [0.5, 0.6) is 23.0 Å². The van der Waals surface area contributed by atoms with E-state index in [1.165, 1.54) is 6.07 Å². The minimum atomic E-state index is -0.431. The number of hydrogen-bond acceptors (Lipinski definition) is 6. The molecule has 0 N–H and O–H groups in total. The van der Waals surface area contributed by atoms with Gasteiger partial charge in [-0.3, -0.25) is 10.1 Å². The highest BCUT2D eigenvalue weighted by Gasteiger charge is 2.24. The van der Waals surface area contributed by atoms with Crippen LogP contribution in [0.25, 0.3) is 5.57 Å². The van der Waals surface area contributed by atoms with E-state index in [0.29, 0.717) is 40.6 Å². The number of allylic oxidation sites excluding steroid dienone is 1. The summed E-state index contributed by atoms with van der Waals surface area (Å²) in [6, 6.07) is 8.42. The topological polar surface area (TPSA) is 80.1 Å². The Balaban J connectivity index is 1.92. The molecule has 1 heterocycles. The largest absolute Gasteiger partial charge is 0.493 e. The Hall–Kier alpha value is -3.22. The van der Waals surface area contributed by atoms with Crippen molar-refractivity contribution in [2.24, 2.45) is 0 Å². The Morgan fingerprint density at radius 2 is 1.84 bits per heavy atom. The highest BCUT2D eigenvalue weighted by molar-refractivity contribution is 5.70. The van der Waals surface area contributed by atoms with E-state index in [-0.39, 0.29) is 12.5 Å². The normalized spacial score (nSPS) is 11.9. The average molecular weight is 343 g/mol. The van der Waals surface area contributed by atoms with Gasteiger partial charge in [0.25, 0.3) is 5.69 Å². The van der Waals surface area contributed by atoms with Gasteiger partial charge in [-0.05, 0) is 29.3 Å². The minimum Gasteiger partial charge on any atom is -0.493 e. The zero-order valence-corrected chi connectivity index (χ0v) is 13.9. The highest BCUT2D eigenvalue weighted by Crippen LogP contribution is 2.39. The van der Waals surface area contributed by atoms with Crippen LogP contribution >= 0.6 is 0 Å². The summed E-state index contributed by atoms with van der Waals surface area (Å²) in [5.41, 5.74) is 2.01. The van der Waals surface area contributed by atoms with E-state index in [4.69, 9.17) is 18.9 Å². The fourth-order valence-corrected chi connectivity index (χ4v) is 2.67. The van der Waals surface area contributed by atoms with E-state index in [9.17, 15) is 10.1 Å². The van der Waals surface area contributed by atoms with E-state index >= 15 is 0 Å². The molecule has 0 atom stereocenters. The minimum absolute atomic E-state index is 0.0223. The summed E-state index contributed by atoms with van der Waals surface area (Å²) in [5.74, 6) is 2.06. The Morgan fingerprint density at radius 3 is 2.48 bits per heavy atom. The number of nitrogens with zero attached hydrogens (tertiary/aromatic N) is 1. The Kier molecular flexibility index (Phi) is 4.47. The van der Waals surface area contributed by atoms with Crippen LogP contribution in [-0.2, 0) is 6.42 Å². The van der Waals surface area contributed by atoms with Crippen molar-refractivity contribution in [3.05, 3.63) is 58.2 Å². The van der Waals surface area contributed by atoms with Crippen molar-refractivity contribution in [2.45, 2.75) is 6.42 Å². The van der Waals surface area contributed by atoms with Gasteiger partial charge < -0.3 is 18.9 Å². The molecule has 0 aromatic heterocycles. The summed E-state index contributed by atoms with van der Waals surface area (Å²) in [4.78, 5) is 10.9. The lowest BCUT2D eigenvalue weighted by Gasteiger charge is -2.12. The van der Waals surface area contributed by atoms with Gasteiger partial charge in [0.2, 0.25) is 6.79 Å². The Morgan fingerprint density at radius 1 is 1.16 bits per heavy atom. The summed E-state index contributed by atoms with van der Waals surface area (Å²) in [6.07, 6.45) is 0.294. The summed E-state index contributed by atoms with van der Waals surface area (Å²) in [6.45, 7) is 4.12. The number of hydrogen-bond donors (Lipinski definition) is 0. The van der Waals surface area contributed by atoms with Gasteiger partial charge in [-0.2, -0.15) is 0 Å². The predicted octanol–water partition coefficient (Wildman–Crippen LogP) is 3.60. The van der Waals surface area contributed by atoms with Crippen molar-refractivity contribution in [3.63, 3.8) is 0 Å². The van der Waals surface area contributed by atoms with Crippen molar-refractivity contribution in [3.8, 4) is 23.0 Å². The number of rotatable bonds is 6.